The van der Waals surface area contributed by atoms with Gasteiger partial charge >= 0.3 is 6.03 Å². The van der Waals surface area contributed by atoms with Gasteiger partial charge < -0.3 is 15.4 Å². The van der Waals surface area contributed by atoms with E-state index in [0.29, 0.717) is 18.1 Å². The van der Waals surface area contributed by atoms with Crippen LogP contribution in [0.4, 0.5) is 4.79 Å². The maximum Gasteiger partial charge on any atom is 0.315 e. The van der Waals surface area contributed by atoms with E-state index >= 15 is 0 Å². The minimum absolute atomic E-state index is 0.228. The van der Waals surface area contributed by atoms with Crippen LogP contribution >= 0.6 is 11.6 Å². The van der Waals surface area contributed by atoms with Crippen molar-refractivity contribution < 1.29 is 9.53 Å². The molecule has 22 heavy (non-hydrogen) atoms. The van der Waals surface area contributed by atoms with Crippen LogP contribution in [0, 0.1) is 6.92 Å². The van der Waals surface area contributed by atoms with E-state index in [0.717, 1.165) is 22.4 Å². The summed E-state index contributed by atoms with van der Waals surface area (Å²) in [4.78, 5) is 11.8. The number of benzene rings is 2. The van der Waals surface area contributed by atoms with E-state index in [1.54, 1.807) is 13.2 Å². The molecule has 2 N–H and O–H groups in total. The van der Waals surface area contributed by atoms with Crippen LogP contribution in [0.1, 0.15) is 16.7 Å². The number of amides is 2. The molecule has 0 bridgehead atoms. The van der Waals surface area contributed by atoms with Gasteiger partial charge in [-0.25, -0.2) is 4.79 Å². The van der Waals surface area contributed by atoms with Crippen molar-refractivity contribution in [3.8, 4) is 5.75 Å². The van der Waals surface area contributed by atoms with Crippen LogP contribution in [-0.4, -0.2) is 13.1 Å². The summed E-state index contributed by atoms with van der Waals surface area (Å²) in [6.45, 7) is 2.83. The van der Waals surface area contributed by atoms with Crippen LogP contribution in [-0.2, 0) is 13.1 Å². The van der Waals surface area contributed by atoms with Gasteiger partial charge in [0.1, 0.15) is 5.75 Å². The lowest BCUT2D eigenvalue weighted by Gasteiger charge is -2.10. The number of ether oxygens (including phenoxy) is 1. The lowest BCUT2D eigenvalue weighted by molar-refractivity contribution is 0.240. The molecule has 0 spiro atoms. The number of hydrogen-bond donors (Lipinski definition) is 2. The second-order valence-corrected chi connectivity index (χ2v) is 5.34. The average Bonchev–Trinajstić information content (AvgIpc) is 2.52. The lowest BCUT2D eigenvalue weighted by Crippen LogP contribution is -2.34. The standard InChI is InChI=1S/C17H19ClN2O2/c1-12-9-13(7-8-16(12)22-2)10-19-17(21)20-11-14-5-3-4-6-15(14)18/h3-9H,10-11H2,1-2H3,(H2,19,20,21). The highest BCUT2D eigenvalue weighted by atomic mass is 35.5. The summed E-state index contributed by atoms with van der Waals surface area (Å²) < 4.78 is 5.21. The van der Waals surface area contributed by atoms with E-state index in [1.807, 2.05) is 43.3 Å². The van der Waals surface area contributed by atoms with E-state index < -0.39 is 0 Å². The first-order chi connectivity index (χ1) is 10.6. The molecule has 0 radical (unpaired) electrons. The van der Waals surface area contributed by atoms with Crippen molar-refractivity contribution >= 4 is 17.6 Å². The molecule has 5 heteroatoms. The van der Waals surface area contributed by atoms with E-state index in [2.05, 4.69) is 10.6 Å². The SMILES string of the molecule is COc1ccc(CNC(=O)NCc2ccccc2Cl)cc1C. The number of nitrogens with one attached hydrogen (secondary N) is 2. The van der Waals surface area contributed by atoms with Gasteiger partial charge in [0.2, 0.25) is 0 Å². The molecule has 0 aliphatic heterocycles. The first-order valence-electron chi connectivity index (χ1n) is 6.99. The second kappa shape index (κ2) is 7.71. The van der Waals surface area contributed by atoms with Crippen molar-refractivity contribution in [1.82, 2.24) is 10.6 Å². The quantitative estimate of drug-likeness (QED) is 0.884. The Labute approximate surface area is 135 Å². The predicted molar refractivity (Wildman–Crippen MR) is 88.3 cm³/mol. The van der Waals surface area contributed by atoms with Crippen molar-refractivity contribution in [3.05, 3.63) is 64.2 Å². The Bertz CT molecular complexity index is 659. The van der Waals surface area contributed by atoms with E-state index in [4.69, 9.17) is 16.3 Å². The van der Waals surface area contributed by atoms with Gasteiger partial charge in [0.15, 0.2) is 0 Å². The molecular weight excluding hydrogens is 300 g/mol. The summed E-state index contributed by atoms with van der Waals surface area (Å²) in [6, 6.07) is 13.0. The molecule has 0 atom stereocenters. The fraction of sp³-hybridized carbons (Fsp3) is 0.235. The summed E-state index contributed by atoms with van der Waals surface area (Å²) in [7, 11) is 1.64. The largest absolute Gasteiger partial charge is 0.496 e. The molecular formula is C17H19ClN2O2. The van der Waals surface area contributed by atoms with Crippen molar-refractivity contribution in [2.75, 3.05) is 7.11 Å². The summed E-state index contributed by atoms with van der Waals surface area (Å²) in [5, 5.41) is 6.25. The zero-order valence-corrected chi connectivity index (χ0v) is 13.4. The first-order valence-corrected chi connectivity index (χ1v) is 7.36. The molecule has 2 aromatic carbocycles. The summed E-state index contributed by atoms with van der Waals surface area (Å²) in [5.74, 6) is 0.840. The maximum absolute atomic E-state index is 11.8. The molecule has 0 fully saturated rings. The average molecular weight is 319 g/mol. The molecule has 0 unspecified atom stereocenters. The predicted octanol–water partition coefficient (Wildman–Crippen LogP) is 3.66. The van der Waals surface area contributed by atoms with Gasteiger partial charge in [0.05, 0.1) is 7.11 Å². The van der Waals surface area contributed by atoms with Gasteiger partial charge in [0, 0.05) is 18.1 Å². The molecule has 0 saturated heterocycles. The number of aryl methyl sites for hydroxylation is 1. The smallest absolute Gasteiger partial charge is 0.315 e. The normalized spacial score (nSPS) is 10.1. The monoisotopic (exact) mass is 318 g/mol. The molecule has 0 saturated carbocycles. The first kappa shape index (κ1) is 16.2. The van der Waals surface area contributed by atoms with E-state index in [1.165, 1.54) is 0 Å². The van der Waals surface area contributed by atoms with Gasteiger partial charge in [-0.15, -0.1) is 0 Å². The molecule has 116 valence electrons. The van der Waals surface area contributed by atoms with E-state index in [-0.39, 0.29) is 6.03 Å². The van der Waals surface area contributed by atoms with Crippen molar-refractivity contribution in [2.24, 2.45) is 0 Å². The Hall–Kier alpha value is -2.20. The van der Waals surface area contributed by atoms with Crippen LogP contribution < -0.4 is 15.4 Å². The number of rotatable bonds is 5. The van der Waals surface area contributed by atoms with Crippen LogP contribution in [0.25, 0.3) is 0 Å². The Kier molecular flexibility index (Phi) is 5.67. The summed E-state index contributed by atoms with van der Waals surface area (Å²) in [5.41, 5.74) is 2.95. The molecule has 0 aliphatic carbocycles. The Morgan fingerprint density at radius 2 is 1.86 bits per heavy atom. The van der Waals surface area contributed by atoms with Gasteiger partial charge in [-0.1, -0.05) is 41.9 Å². The molecule has 0 heterocycles. The number of carbonyl (C=O) groups is 1. The highest BCUT2D eigenvalue weighted by Gasteiger charge is 2.04. The highest BCUT2D eigenvalue weighted by molar-refractivity contribution is 6.31. The molecule has 0 aliphatic rings. The zero-order chi connectivity index (χ0) is 15.9. The van der Waals surface area contributed by atoms with Gasteiger partial charge in [-0.3, -0.25) is 0 Å². The van der Waals surface area contributed by atoms with Crippen molar-refractivity contribution in [2.45, 2.75) is 20.0 Å². The maximum atomic E-state index is 11.8. The fourth-order valence-electron chi connectivity index (χ4n) is 2.11. The van der Waals surface area contributed by atoms with Gasteiger partial charge in [-0.05, 0) is 35.7 Å². The number of halogens is 1. The van der Waals surface area contributed by atoms with Crippen LogP contribution in [0.2, 0.25) is 5.02 Å². The third-order valence-electron chi connectivity index (χ3n) is 3.31. The molecule has 2 rings (SSSR count). The molecule has 4 nitrogen and oxygen atoms in total. The van der Waals surface area contributed by atoms with Crippen LogP contribution in [0.15, 0.2) is 42.5 Å². The van der Waals surface area contributed by atoms with Gasteiger partial charge in [0.25, 0.3) is 0 Å². The minimum Gasteiger partial charge on any atom is -0.496 e. The fourth-order valence-corrected chi connectivity index (χ4v) is 2.32. The Balaban J connectivity index is 1.83. The second-order valence-electron chi connectivity index (χ2n) is 4.93. The number of methoxy groups -OCH3 is 1. The third-order valence-corrected chi connectivity index (χ3v) is 3.68. The Morgan fingerprint density at radius 1 is 1.14 bits per heavy atom. The minimum atomic E-state index is -0.228. The van der Waals surface area contributed by atoms with Crippen molar-refractivity contribution in [1.29, 1.82) is 0 Å². The number of hydrogen-bond acceptors (Lipinski definition) is 2. The Morgan fingerprint density at radius 3 is 2.55 bits per heavy atom. The summed E-state index contributed by atoms with van der Waals surface area (Å²) >= 11 is 6.04. The summed E-state index contributed by atoms with van der Waals surface area (Å²) in [6.07, 6.45) is 0. The highest BCUT2D eigenvalue weighted by Crippen LogP contribution is 2.18. The van der Waals surface area contributed by atoms with Crippen LogP contribution in [0.5, 0.6) is 5.75 Å². The lowest BCUT2D eigenvalue weighted by atomic mass is 10.1. The molecule has 0 aromatic heterocycles. The number of urea groups is 1. The zero-order valence-electron chi connectivity index (χ0n) is 12.7. The van der Waals surface area contributed by atoms with Gasteiger partial charge in [-0.2, -0.15) is 0 Å². The molecule has 2 aromatic rings. The molecule has 2 amide bonds. The van der Waals surface area contributed by atoms with Crippen molar-refractivity contribution in [3.63, 3.8) is 0 Å². The topological polar surface area (TPSA) is 50.4 Å². The van der Waals surface area contributed by atoms with Crippen LogP contribution in [0.3, 0.4) is 0 Å². The third kappa shape index (κ3) is 4.40. The van der Waals surface area contributed by atoms with E-state index in [9.17, 15) is 4.79 Å². The number of carbonyl (C=O) groups excluding carboxylic acids is 1.